The lowest BCUT2D eigenvalue weighted by Crippen LogP contribution is -2.41. The molecule has 0 amide bonds. The van der Waals surface area contributed by atoms with Gasteiger partial charge in [-0.1, -0.05) is 103 Å². The van der Waals surface area contributed by atoms with Crippen molar-refractivity contribution in [3.8, 4) is 0 Å². The summed E-state index contributed by atoms with van der Waals surface area (Å²) in [5.41, 5.74) is 1.92. The Bertz CT molecular complexity index is 1450. The second kappa shape index (κ2) is 13.3. The van der Waals surface area contributed by atoms with Gasteiger partial charge in [-0.05, 0) is 16.7 Å². The van der Waals surface area contributed by atoms with Crippen LogP contribution in [0.4, 0.5) is 0 Å². The zero-order valence-corrected chi connectivity index (χ0v) is 22.7. The molecule has 0 aliphatic carbocycles. The summed E-state index contributed by atoms with van der Waals surface area (Å²) < 4.78 is 20.5. The van der Waals surface area contributed by atoms with Crippen molar-refractivity contribution in [2.24, 2.45) is 0 Å². The summed E-state index contributed by atoms with van der Waals surface area (Å²) >= 11 is 7.66. The second-order valence-corrected chi connectivity index (χ2v) is 11.0. The highest BCUT2D eigenvalue weighted by Gasteiger charge is 2.47. The van der Waals surface area contributed by atoms with Crippen LogP contribution < -0.4 is 11.2 Å². The van der Waals surface area contributed by atoms with E-state index in [0.717, 1.165) is 16.7 Å². The molecule has 202 valence electrons. The Morgan fingerprint density at radius 2 is 1.26 bits per heavy atom. The quantitative estimate of drug-likeness (QED) is 0.270. The molecular formula is C30H29ClN2O5S. The number of thioether (sulfide) groups is 1. The van der Waals surface area contributed by atoms with Crippen molar-refractivity contribution >= 4 is 23.4 Å². The van der Waals surface area contributed by atoms with Gasteiger partial charge in [0.05, 0.1) is 31.7 Å². The van der Waals surface area contributed by atoms with Crippen LogP contribution >= 0.6 is 23.4 Å². The molecule has 1 aliphatic rings. The fourth-order valence-electron chi connectivity index (χ4n) is 4.50. The van der Waals surface area contributed by atoms with Gasteiger partial charge in [0.2, 0.25) is 0 Å². The van der Waals surface area contributed by atoms with E-state index in [4.69, 9.17) is 25.8 Å². The van der Waals surface area contributed by atoms with Gasteiger partial charge in [0, 0.05) is 6.20 Å². The predicted octanol–water partition coefficient (Wildman–Crippen LogP) is 5.19. The minimum Gasteiger partial charge on any atom is -0.376 e. The van der Waals surface area contributed by atoms with Crippen molar-refractivity contribution in [2.45, 2.75) is 42.7 Å². The van der Waals surface area contributed by atoms with Crippen molar-refractivity contribution in [2.75, 3.05) is 6.61 Å². The molecule has 3 aromatic carbocycles. The molecule has 0 unspecified atom stereocenters. The topological polar surface area (TPSA) is 82.6 Å². The highest BCUT2D eigenvalue weighted by molar-refractivity contribution is 8.00. The summed E-state index contributed by atoms with van der Waals surface area (Å²) in [6, 6.07) is 29.7. The molecule has 2 heterocycles. The minimum atomic E-state index is -0.623. The van der Waals surface area contributed by atoms with Gasteiger partial charge < -0.3 is 14.2 Å². The Morgan fingerprint density at radius 1 is 0.744 bits per heavy atom. The fraction of sp³-hybridized carbons (Fsp3) is 0.267. The molecule has 1 N–H and O–H groups in total. The van der Waals surface area contributed by atoms with Gasteiger partial charge in [0.25, 0.3) is 5.56 Å². The number of halogens is 1. The standard InChI is InChI=1S/C30H29ClN2O5S/c31-24-16-33(30(35)32-28(24)34)29-27(38-19-23-14-8-3-9-15-23)26(37-18-22-12-6-2-7-13-22)25(39-29)20-36-17-21-10-4-1-5-11-21/h1-16,25-27,29H,17-20H2,(H,32,34,35)/t25-,26-,27+,29-/m0/s1. The molecule has 1 aliphatic heterocycles. The Labute approximate surface area is 235 Å². The Kier molecular flexibility index (Phi) is 9.34. The monoisotopic (exact) mass is 564 g/mol. The number of hydrogen-bond donors (Lipinski definition) is 1. The highest BCUT2D eigenvalue weighted by Crippen LogP contribution is 2.45. The van der Waals surface area contributed by atoms with Gasteiger partial charge in [0.15, 0.2) is 0 Å². The number of hydrogen-bond acceptors (Lipinski definition) is 6. The molecule has 0 saturated carbocycles. The summed E-state index contributed by atoms with van der Waals surface area (Å²) in [6.07, 6.45) is 0.446. The molecule has 7 nitrogen and oxygen atoms in total. The maximum atomic E-state index is 12.9. The van der Waals surface area contributed by atoms with Crippen LogP contribution in [0.15, 0.2) is 107 Å². The molecule has 9 heteroatoms. The molecule has 1 fully saturated rings. The zero-order valence-electron chi connectivity index (χ0n) is 21.2. The van der Waals surface area contributed by atoms with Gasteiger partial charge in [-0.25, -0.2) is 4.79 Å². The van der Waals surface area contributed by atoms with E-state index in [1.54, 1.807) is 0 Å². The second-order valence-electron chi connectivity index (χ2n) is 9.23. The summed E-state index contributed by atoms with van der Waals surface area (Å²) in [5.74, 6) is 0. The third kappa shape index (κ3) is 7.09. The molecule has 0 bridgehead atoms. The molecule has 4 aromatic rings. The smallest absolute Gasteiger partial charge is 0.329 e. The average molecular weight is 565 g/mol. The van der Waals surface area contributed by atoms with Crippen LogP contribution in [0.25, 0.3) is 0 Å². The lowest BCUT2D eigenvalue weighted by Gasteiger charge is -2.27. The van der Waals surface area contributed by atoms with Crippen LogP contribution in [0.3, 0.4) is 0 Å². The van der Waals surface area contributed by atoms with Crippen molar-refractivity contribution in [1.82, 2.24) is 9.55 Å². The van der Waals surface area contributed by atoms with E-state index < -0.39 is 28.8 Å². The van der Waals surface area contributed by atoms with E-state index in [-0.39, 0.29) is 10.3 Å². The van der Waals surface area contributed by atoms with Gasteiger partial charge in [0.1, 0.15) is 22.6 Å². The van der Waals surface area contributed by atoms with E-state index in [0.29, 0.717) is 26.4 Å². The first-order chi connectivity index (χ1) is 19.1. The minimum absolute atomic E-state index is 0.0671. The lowest BCUT2D eigenvalue weighted by atomic mass is 10.1. The van der Waals surface area contributed by atoms with Crippen LogP contribution in [-0.4, -0.2) is 33.6 Å². The first kappa shape index (κ1) is 27.4. The van der Waals surface area contributed by atoms with E-state index in [1.165, 1.54) is 22.5 Å². The Hall–Kier alpha value is -3.14. The van der Waals surface area contributed by atoms with E-state index in [1.807, 2.05) is 91.0 Å². The number of aromatic nitrogens is 2. The number of rotatable bonds is 11. The van der Waals surface area contributed by atoms with Crippen molar-refractivity contribution in [3.63, 3.8) is 0 Å². The maximum absolute atomic E-state index is 12.9. The number of nitrogens with one attached hydrogen (secondary N) is 1. The Morgan fingerprint density at radius 3 is 1.82 bits per heavy atom. The van der Waals surface area contributed by atoms with Crippen LogP contribution in [-0.2, 0) is 34.0 Å². The lowest BCUT2D eigenvalue weighted by molar-refractivity contribution is -0.0920. The van der Waals surface area contributed by atoms with Crippen LogP contribution in [0.1, 0.15) is 22.1 Å². The van der Waals surface area contributed by atoms with Gasteiger partial charge >= 0.3 is 5.69 Å². The van der Waals surface area contributed by atoms with E-state index in [2.05, 4.69) is 4.98 Å². The van der Waals surface area contributed by atoms with Gasteiger partial charge in [-0.2, -0.15) is 0 Å². The number of H-pyrrole nitrogens is 1. The van der Waals surface area contributed by atoms with Crippen LogP contribution in [0.5, 0.6) is 0 Å². The first-order valence-corrected chi connectivity index (χ1v) is 14.0. The van der Waals surface area contributed by atoms with Gasteiger partial charge in [-0.15, -0.1) is 11.8 Å². The number of benzene rings is 3. The molecular weight excluding hydrogens is 536 g/mol. The fourth-order valence-corrected chi connectivity index (χ4v) is 6.25. The SMILES string of the molecule is O=c1[nH]c(=O)n([C@H]2S[C@@H](COCc3ccccc3)[C@H](OCc3ccccc3)[C@H]2OCc2ccccc2)cc1Cl. The van der Waals surface area contributed by atoms with Crippen LogP contribution in [0, 0.1) is 0 Å². The van der Waals surface area contributed by atoms with Crippen molar-refractivity contribution in [1.29, 1.82) is 0 Å². The number of ether oxygens (including phenoxy) is 3. The predicted molar refractivity (Wildman–Crippen MR) is 153 cm³/mol. The number of aromatic amines is 1. The summed E-state index contributed by atoms with van der Waals surface area (Å²) in [6.45, 7) is 1.54. The van der Waals surface area contributed by atoms with E-state index in [9.17, 15) is 9.59 Å². The molecule has 0 radical (unpaired) electrons. The third-order valence-corrected chi connectivity index (χ3v) is 8.25. The number of nitrogens with zero attached hydrogens (tertiary/aromatic N) is 1. The Balaban J connectivity index is 1.43. The third-order valence-electron chi connectivity index (χ3n) is 6.45. The summed E-state index contributed by atoms with van der Waals surface area (Å²) in [4.78, 5) is 27.2. The van der Waals surface area contributed by atoms with E-state index >= 15 is 0 Å². The molecule has 0 spiro atoms. The normalized spacial score (nSPS) is 20.7. The molecule has 5 rings (SSSR count). The summed E-state index contributed by atoms with van der Waals surface area (Å²) in [5, 5.41) is -0.718. The molecule has 1 aromatic heterocycles. The van der Waals surface area contributed by atoms with Gasteiger partial charge in [-0.3, -0.25) is 14.3 Å². The van der Waals surface area contributed by atoms with Crippen molar-refractivity contribution in [3.05, 3.63) is 140 Å². The molecule has 39 heavy (non-hydrogen) atoms. The van der Waals surface area contributed by atoms with Crippen molar-refractivity contribution < 1.29 is 14.2 Å². The van der Waals surface area contributed by atoms with Crippen LogP contribution in [0.2, 0.25) is 5.02 Å². The zero-order chi connectivity index (χ0) is 27.0. The summed E-state index contributed by atoms with van der Waals surface area (Å²) in [7, 11) is 0. The molecule has 1 saturated heterocycles. The highest BCUT2D eigenvalue weighted by atomic mass is 35.5. The largest absolute Gasteiger partial charge is 0.376 e. The maximum Gasteiger partial charge on any atom is 0.329 e. The first-order valence-electron chi connectivity index (χ1n) is 12.7. The molecule has 4 atom stereocenters. The average Bonchev–Trinajstić information content (AvgIpc) is 3.31.